The topological polar surface area (TPSA) is 21.7 Å². The van der Waals surface area contributed by atoms with E-state index in [4.69, 9.17) is 9.47 Å². The summed E-state index contributed by atoms with van der Waals surface area (Å²) < 4.78 is 11.7. The lowest BCUT2D eigenvalue weighted by Crippen LogP contribution is -2.33. The second kappa shape index (κ2) is 12.6. The molecule has 0 aromatic heterocycles. The van der Waals surface area contributed by atoms with Gasteiger partial charge >= 0.3 is 0 Å². The molecule has 2 rings (SSSR count). The molecular weight excluding hydrogens is 334 g/mol. The molecule has 0 atom stereocenters. The van der Waals surface area contributed by atoms with Crippen LogP contribution in [0.4, 0.5) is 0 Å². The molecule has 0 aliphatic heterocycles. The molecular formula is C24H29NO2. The fraction of sp³-hybridized carbons (Fsp3) is 0.250. The maximum Gasteiger partial charge on any atom is 0.119 e. The number of hydrogen-bond donors (Lipinski definition) is 0. The first kappa shape index (κ1) is 20.5. The van der Waals surface area contributed by atoms with Crippen molar-refractivity contribution in [1.82, 2.24) is 4.90 Å². The summed E-state index contributed by atoms with van der Waals surface area (Å²) in [4.78, 5) is 2.35. The summed E-state index contributed by atoms with van der Waals surface area (Å²) in [7, 11) is 0. The zero-order valence-corrected chi connectivity index (χ0v) is 15.9. The van der Waals surface area contributed by atoms with Crippen LogP contribution in [-0.4, -0.2) is 37.7 Å². The van der Waals surface area contributed by atoms with E-state index in [0.717, 1.165) is 43.1 Å². The fourth-order valence-corrected chi connectivity index (χ4v) is 2.54. The Balaban J connectivity index is 1.79. The highest BCUT2D eigenvalue weighted by atomic mass is 16.5. The Kier molecular flexibility index (Phi) is 9.55. The van der Waals surface area contributed by atoms with Crippen LogP contribution in [0, 0.1) is 0 Å². The molecule has 0 unspecified atom stereocenters. The molecule has 0 aliphatic rings. The van der Waals surface area contributed by atoms with Gasteiger partial charge in [-0.2, -0.15) is 0 Å². The van der Waals surface area contributed by atoms with Crippen molar-refractivity contribution in [3.63, 3.8) is 0 Å². The lowest BCUT2D eigenvalue weighted by Gasteiger charge is -2.22. The van der Waals surface area contributed by atoms with Gasteiger partial charge < -0.3 is 9.47 Å². The average Bonchev–Trinajstić information content (AvgIpc) is 2.71. The van der Waals surface area contributed by atoms with Crippen molar-refractivity contribution in [3.8, 4) is 11.5 Å². The predicted molar refractivity (Wildman–Crippen MR) is 113 cm³/mol. The van der Waals surface area contributed by atoms with Crippen LogP contribution in [0.1, 0.15) is 6.42 Å². The summed E-state index contributed by atoms with van der Waals surface area (Å²) in [6, 6.07) is 19.8. The zero-order valence-electron chi connectivity index (χ0n) is 15.9. The summed E-state index contributed by atoms with van der Waals surface area (Å²) in [5.41, 5.74) is 1.09. The van der Waals surface area contributed by atoms with Gasteiger partial charge in [0.2, 0.25) is 0 Å². The summed E-state index contributed by atoms with van der Waals surface area (Å²) in [5, 5.41) is 0. The highest BCUT2D eigenvalue weighted by Gasteiger charge is 2.06. The van der Waals surface area contributed by atoms with Gasteiger partial charge in [0.1, 0.15) is 24.7 Å². The van der Waals surface area contributed by atoms with E-state index in [0.29, 0.717) is 13.2 Å². The second-order valence-corrected chi connectivity index (χ2v) is 6.17. The molecule has 0 amide bonds. The third kappa shape index (κ3) is 8.93. The maximum absolute atomic E-state index is 5.84. The van der Waals surface area contributed by atoms with E-state index >= 15 is 0 Å². The molecule has 0 saturated heterocycles. The highest BCUT2D eigenvalue weighted by molar-refractivity contribution is 5.21. The van der Waals surface area contributed by atoms with Gasteiger partial charge in [0.05, 0.1) is 0 Å². The highest BCUT2D eigenvalue weighted by Crippen LogP contribution is 2.10. The van der Waals surface area contributed by atoms with E-state index in [1.54, 1.807) is 6.08 Å². The molecule has 3 nitrogen and oxygen atoms in total. The first-order chi connectivity index (χ1) is 13.3. The Bertz CT molecular complexity index is 649. The van der Waals surface area contributed by atoms with Crippen molar-refractivity contribution >= 4 is 0 Å². The molecule has 0 aliphatic carbocycles. The molecule has 0 radical (unpaired) electrons. The van der Waals surface area contributed by atoms with Crippen molar-refractivity contribution in [1.29, 1.82) is 0 Å². The third-order valence-corrected chi connectivity index (χ3v) is 4.06. The van der Waals surface area contributed by atoms with Gasteiger partial charge in [0.25, 0.3) is 0 Å². The van der Waals surface area contributed by atoms with E-state index in [9.17, 15) is 0 Å². The monoisotopic (exact) mass is 363 g/mol. The minimum Gasteiger partial charge on any atom is -0.492 e. The number of hydrogen-bond acceptors (Lipinski definition) is 3. The van der Waals surface area contributed by atoms with E-state index in [1.165, 1.54) is 0 Å². The van der Waals surface area contributed by atoms with Crippen molar-refractivity contribution in [2.24, 2.45) is 0 Å². The van der Waals surface area contributed by atoms with Gasteiger partial charge in [-0.05, 0) is 30.7 Å². The smallest absolute Gasteiger partial charge is 0.119 e. The van der Waals surface area contributed by atoms with Crippen LogP contribution in [0.25, 0.3) is 0 Å². The summed E-state index contributed by atoms with van der Waals surface area (Å²) in [6.45, 7) is 11.7. The minimum absolute atomic E-state index is 0.643. The Morgan fingerprint density at radius 3 is 1.81 bits per heavy atom. The molecule has 2 aromatic carbocycles. The van der Waals surface area contributed by atoms with Gasteiger partial charge in [0, 0.05) is 19.6 Å². The van der Waals surface area contributed by atoms with Crippen molar-refractivity contribution in [3.05, 3.63) is 97.6 Å². The minimum atomic E-state index is 0.643. The Labute approximate surface area is 163 Å². The van der Waals surface area contributed by atoms with Crippen molar-refractivity contribution in [2.75, 3.05) is 32.8 Å². The molecule has 0 saturated carbocycles. The molecule has 3 heteroatoms. The summed E-state index contributed by atoms with van der Waals surface area (Å²) in [6.07, 6.45) is 6.60. The number of para-hydroxylation sites is 2. The number of nitrogens with zero attached hydrogens (tertiary/aromatic N) is 1. The van der Waals surface area contributed by atoms with Crippen LogP contribution in [0.5, 0.6) is 11.5 Å². The zero-order chi connectivity index (χ0) is 19.2. The lowest BCUT2D eigenvalue weighted by molar-refractivity contribution is 0.178. The van der Waals surface area contributed by atoms with Gasteiger partial charge in [-0.25, -0.2) is 0 Å². The van der Waals surface area contributed by atoms with Crippen LogP contribution < -0.4 is 9.47 Å². The molecule has 27 heavy (non-hydrogen) atoms. The van der Waals surface area contributed by atoms with E-state index in [1.807, 2.05) is 72.8 Å². The quantitative estimate of drug-likeness (QED) is 0.460. The maximum atomic E-state index is 5.84. The summed E-state index contributed by atoms with van der Waals surface area (Å²) >= 11 is 0. The third-order valence-electron chi connectivity index (χ3n) is 4.06. The average molecular weight is 364 g/mol. The van der Waals surface area contributed by atoms with Crippen LogP contribution in [0.3, 0.4) is 0 Å². The molecule has 142 valence electrons. The van der Waals surface area contributed by atoms with Crippen molar-refractivity contribution < 1.29 is 9.47 Å². The normalized spacial score (nSPS) is 10.9. The Morgan fingerprint density at radius 2 is 1.33 bits per heavy atom. The largest absolute Gasteiger partial charge is 0.492 e. The fourth-order valence-electron chi connectivity index (χ4n) is 2.54. The van der Waals surface area contributed by atoms with E-state index in [-0.39, 0.29) is 0 Å². The van der Waals surface area contributed by atoms with Gasteiger partial charge in [-0.3, -0.25) is 4.90 Å². The molecule has 0 fully saturated rings. The number of benzene rings is 2. The summed E-state index contributed by atoms with van der Waals surface area (Å²) in [5.74, 6) is 1.80. The van der Waals surface area contributed by atoms with Crippen LogP contribution in [0.2, 0.25) is 0 Å². The van der Waals surface area contributed by atoms with E-state index in [2.05, 4.69) is 18.1 Å². The molecule has 0 N–H and O–H groups in total. The first-order valence-corrected chi connectivity index (χ1v) is 9.33. The number of allylic oxidation sites excluding steroid dienone is 3. The molecule has 2 aromatic rings. The van der Waals surface area contributed by atoms with Crippen molar-refractivity contribution in [2.45, 2.75) is 6.42 Å². The predicted octanol–water partition coefficient (Wildman–Crippen LogP) is 5.13. The van der Waals surface area contributed by atoms with Gasteiger partial charge in [-0.15, -0.1) is 0 Å². The van der Waals surface area contributed by atoms with Gasteiger partial charge in [-0.1, -0.05) is 73.4 Å². The Morgan fingerprint density at radius 1 is 0.815 bits per heavy atom. The molecule has 0 bridgehead atoms. The number of ether oxygens (including phenoxy) is 2. The van der Waals surface area contributed by atoms with Crippen LogP contribution in [0.15, 0.2) is 97.6 Å². The molecule has 0 spiro atoms. The Hall–Kier alpha value is -2.78. The SMILES string of the molecule is C=CC=CC(=C)CCN(CCOc1ccccc1)CCOc1ccccc1. The number of rotatable bonds is 13. The first-order valence-electron chi connectivity index (χ1n) is 9.33. The second-order valence-electron chi connectivity index (χ2n) is 6.17. The van der Waals surface area contributed by atoms with Gasteiger partial charge in [0.15, 0.2) is 0 Å². The van der Waals surface area contributed by atoms with Crippen LogP contribution >= 0.6 is 0 Å². The lowest BCUT2D eigenvalue weighted by atomic mass is 10.2. The van der Waals surface area contributed by atoms with E-state index < -0.39 is 0 Å². The van der Waals surface area contributed by atoms with Crippen LogP contribution in [-0.2, 0) is 0 Å². The standard InChI is InChI=1S/C24H29NO2/c1-3-4-11-22(2)16-17-25(18-20-26-23-12-7-5-8-13-23)19-21-27-24-14-9-6-10-15-24/h3-15H,1-2,16-21H2. The molecule has 0 heterocycles.